The van der Waals surface area contributed by atoms with Crippen molar-refractivity contribution in [1.29, 1.82) is 0 Å². The van der Waals surface area contributed by atoms with Gasteiger partial charge in [0.15, 0.2) is 10.4 Å². The molecule has 0 saturated carbocycles. The van der Waals surface area contributed by atoms with Crippen LogP contribution in [-0.4, -0.2) is 60.0 Å². The van der Waals surface area contributed by atoms with Crippen molar-refractivity contribution in [2.45, 2.75) is 38.8 Å². The predicted octanol–water partition coefficient (Wildman–Crippen LogP) is 5.74. The van der Waals surface area contributed by atoms with Crippen LogP contribution in [0.4, 0.5) is 17.1 Å². The monoisotopic (exact) mass is 669 g/mol. The van der Waals surface area contributed by atoms with Crippen molar-refractivity contribution in [3.05, 3.63) is 110 Å². The normalized spacial score (nSPS) is 21.0. The van der Waals surface area contributed by atoms with Gasteiger partial charge in [-0.15, -0.1) is 0 Å². The first-order valence-electron chi connectivity index (χ1n) is 15.5. The van der Waals surface area contributed by atoms with Crippen molar-refractivity contribution in [2.24, 2.45) is 5.92 Å². The lowest BCUT2D eigenvalue weighted by molar-refractivity contribution is 0.0726. The van der Waals surface area contributed by atoms with Crippen LogP contribution in [0.25, 0.3) is 0 Å². The summed E-state index contributed by atoms with van der Waals surface area (Å²) in [4.78, 5) is 46.3. The number of nitrogens with one attached hydrogen (secondary N) is 1. The average molecular weight is 671 g/mol. The third kappa shape index (κ3) is 5.79. The van der Waals surface area contributed by atoms with Crippen molar-refractivity contribution < 1.29 is 14.0 Å². The quantitative estimate of drug-likeness (QED) is 0.292. The van der Waals surface area contributed by atoms with Gasteiger partial charge in [-0.25, -0.2) is 0 Å². The van der Waals surface area contributed by atoms with E-state index in [0.29, 0.717) is 48.0 Å². The van der Waals surface area contributed by atoms with Crippen LogP contribution in [0.5, 0.6) is 0 Å². The van der Waals surface area contributed by atoms with Gasteiger partial charge in [-0.1, -0.05) is 18.2 Å². The first-order valence-corrected chi connectivity index (χ1v) is 16.3. The number of furan rings is 1. The number of halogens is 1. The Labute approximate surface area is 270 Å². The molecule has 2 saturated heterocycles. The van der Waals surface area contributed by atoms with E-state index in [2.05, 4.69) is 69.2 Å². The Bertz CT molecular complexity index is 1830. The first kappa shape index (κ1) is 29.4. The van der Waals surface area contributed by atoms with Crippen molar-refractivity contribution in [1.82, 2.24) is 9.47 Å². The van der Waals surface area contributed by atoms with Crippen LogP contribution in [0.1, 0.15) is 51.4 Å². The molecule has 3 atom stereocenters. The minimum atomic E-state index is -0.388. The van der Waals surface area contributed by atoms with Gasteiger partial charge in [0.1, 0.15) is 0 Å². The number of benzene rings is 2. The largest absolute Gasteiger partial charge is 0.444 e. The molecular weight excluding hydrogens is 634 g/mol. The second-order valence-electron chi connectivity index (χ2n) is 12.5. The number of nitrogens with zero attached hydrogens (tertiary/aromatic N) is 4. The van der Waals surface area contributed by atoms with Crippen LogP contribution in [0.15, 0.2) is 86.7 Å². The van der Waals surface area contributed by atoms with E-state index in [-0.39, 0.29) is 35.1 Å². The van der Waals surface area contributed by atoms with Crippen LogP contribution in [0.3, 0.4) is 0 Å². The number of aromatic nitrogens is 1. The Balaban J connectivity index is 1.16. The highest BCUT2D eigenvalue weighted by molar-refractivity contribution is 9.10. The first-order chi connectivity index (χ1) is 21.7. The van der Waals surface area contributed by atoms with Crippen molar-refractivity contribution in [3.8, 4) is 0 Å². The van der Waals surface area contributed by atoms with Crippen molar-refractivity contribution >= 4 is 44.8 Å². The number of anilines is 3. The Kier molecular flexibility index (Phi) is 7.77. The fourth-order valence-corrected chi connectivity index (χ4v) is 7.58. The molecule has 10 heteroatoms. The van der Waals surface area contributed by atoms with Gasteiger partial charge >= 0.3 is 0 Å². The fourth-order valence-electron chi connectivity index (χ4n) is 7.27. The van der Waals surface area contributed by atoms with Crippen LogP contribution >= 0.6 is 15.9 Å². The molecule has 2 fully saturated rings. The molecule has 232 valence electrons. The lowest BCUT2D eigenvalue weighted by Crippen LogP contribution is -2.53. The number of hydrogen-bond acceptors (Lipinski definition) is 6. The second-order valence-corrected chi connectivity index (χ2v) is 13.3. The molecular formula is C35H36BrN5O4. The lowest BCUT2D eigenvalue weighted by Gasteiger charge is -2.44. The third-order valence-electron chi connectivity index (χ3n) is 9.36. The van der Waals surface area contributed by atoms with Crippen LogP contribution in [-0.2, 0) is 6.54 Å². The molecule has 9 nitrogen and oxygen atoms in total. The van der Waals surface area contributed by atoms with Crippen molar-refractivity contribution in [3.63, 3.8) is 0 Å². The van der Waals surface area contributed by atoms with Gasteiger partial charge in [-0.2, -0.15) is 0 Å². The number of carbonyl (C=O) groups is 2. The van der Waals surface area contributed by atoms with Gasteiger partial charge in [0, 0.05) is 74.2 Å². The summed E-state index contributed by atoms with van der Waals surface area (Å²) in [5.74, 6) is 0.227. The Morgan fingerprint density at radius 2 is 1.78 bits per heavy atom. The number of fused-ring (bicyclic) bond motifs is 4. The maximum Gasteiger partial charge on any atom is 0.291 e. The molecule has 2 aromatic carbocycles. The van der Waals surface area contributed by atoms with Gasteiger partial charge in [0.25, 0.3) is 17.4 Å². The molecule has 7 rings (SSSR count). The number of amides is 2. The molecule has 4 aromatic rings. The number of rotatable bonds is 5. The summed E-state index contributed by atoms with van der Waals surface area (Å²) in [6, 6.07) is 23.1. The summed E-state index contributed by atoms with van der Waals surface area (Å²) in [7, 11) is 0. The lowest BCUT2D eigenvalue weighted by atomic mass is 9.83. The fraction of sp³-hybridized carbons (Fsp3) is 0.343. The molecule has 1 N–H and O–H groups in total. The number of pyridine rings is 1. The van der Waals surface area contributed by atoms with Crippen LogP contribution in [0.2, 0.25) is 0 Å². The highest BCUT2D eigenvalue weighted by Gasteiger charge is 2.36. The smallest absolute Gasteiger partial charge is 0.291 e. The standard InChI is InChI=1S/C35H36BrN5O4/c1-22-5-3-6-27(15-22)40-14-13-38(18-23(40)2)35(44)25-9-10-30(28(17-25)37-34(43)31-11-12-32(36)45-31)39-19-24-16-26(21-39)29-7-4-8-33(42)41(29)20-24/h3-12,15,17,23-24,26H,13-14,16,18-21H2,1-2H3,(H,37,43)/t23-,24-,26+/m1/s1. The predicted molar refractivity (Wildman–Crippen MR) is 178 cm³/mol. The molecule has 45 heavy (non-hydrogen) atoms. The van der Waals surface area contributed by atoms with Crippen LogP contribution in [0, 0.1) is 12.8 Å². The SMILES string of the molecule is Cc1cccc(N2CCN(C(=O)c3ccc(N4C[C@H]5C[C@@H](C4)c4cccc(=O)n4C5)c(NC(=O)c4ccc(Br)o4)c3)C[C@H]2C)c1. The van der Waals surface area contributed by atoms with Crippen LogP contribution < -0.4 is 20.7 Å². The Morgan fingerprint density at radius 3 is 2.56 bits per heavy atom. The minimum absolute atomic E-state index is 0.0464. The van der Waals surface area contributed by atoms with Gasteiger partial charge in [-0.3, -0.25) is 14.4 Å². The minimum Gasteiger partial charge on any atom is -0.444 e. The summed E-state index contributed by atoms with van der Waals surface area (Å²) < 4.78 is 7.91. The number of piperazine rings is 1. The van der Waals surface area contributed by atoms with E-state index in [1.807, 2.05) is 33.7 Å². The third-order valence-corrected chi connectivity index (χ3v) is 9.78. The second kappa shape index (κ2) is 11.9. The molecule has 0 spiro atoms. The Morgan fingerprint density at radius 1 is 0.933 bits per heavy atom. The summed E-state index contributed by atoms with van der Waals surface area (Å²) >= 11 is 3.28. The topological polar surface area (TPSA) is 91.0 Å². The summed E-state index contributed by atoms with van der Waals surface area (Å²) in [6.45, 7) is 8.33. The molecule has 2 amide bonds. The number of carbonyl (C=O) groups excluding carboxylic acids is 2. The van der Waals surface area contributed by atoms with Crippen molar-refractivity contribution in [2.75, 3.05) is 47.8 Å². The number of piperidine rings is 1. The van der Waals surface area contributed by atoms with E-state index >= 15 is 0 Å². The molecule has 2 aromatic heterocycles. The van der Waals surface area contributed by atoms with E-state index in [9.17, 15) is 14.4 Å². The number of aryl methyl sites for hydroxylation is 1. The van der Waals surface area contributed by atoms with Gasteiger partial charge in [0.05, 0.1) is 11.4 Å². The molecule has 3 aliphatic heterocycles. The summed E-state index contributed by atoms with van der Waals surface area (Å²) in [5, 5.41) is 3.04. The van der Waals surface area contributed by atoms with Gasteiger partial charge in [0.2, 0.25) is 0 Å². The maximum absolute atomic E-state index is 13.9. The molecule has 0 unspecified atom stereocenters. The molecule has 5 heterocycles. The van der Waals surface area contributed by atoms with Gasteiger partial charge < -0.3 is 29.0 Å². The van der Waals surface area contributed by atoms with E-state index in [4.69, 9.17) is 4.42 Å². The van der Waals surface area contributed by atoms with Gasteiger partial charge in [-0.05, 0) is 96.2 Å². The zero-order chi connectivity index (χ0) is 31.2. The highest BCUT2D eigenvalue weighted by atomic mass is 79.9. The van der Waals surface area contributed by atoms with E-state index in [1.165, 1.54) is 11.3 Å². The molecule has 0 radical (unpaired) electrons. The maximum atomic E-state index is 13.9. The molecule has 3 aliphatic rings. The van der Waals surface area contributed by atoms with E-state index < -0.39 is 0 Å². The summed E-state index contributed by atoms with van der Waals surface area (Å²) in [6.07, 6.45) is 1.02. The highest BCUT2D eigenvalue weighted by Crippen LogP contribution is 2.39. The number of hydrogen-bond donors (Lipinski definition) is 1. The Hall–Kier alpha value is -4.31. The zero-order valence-electron chi connectivity index (χ0n) is 25.4. The van der Waals surface area contributed by atoms with E-state index in [1.54, 1.807) is 24.3 Å². The molecule has 0 aliphatic carbocycles. The summed E-state index contributed by atoms with van der Waals surface area (Å²) in [5.41, 5.74) is 5.43. The van der Waals surface area contributed by atoms with E-state index in [0.717, 1.165) is 30.9 Å². The molecule has 2 bridgehead atoms. The average Bonchev–Trinajstić information content (AvgIpc) is 3.47. The zero-order valence-corrected chi connectivity index (χ0v) is 27.0.